The maximum absolute atomic E-state index is 12.6. The smallest absolute Gasteiger partial charge is 0.310 e. The fourth-order valence-corrected chi connectivity index (χ4v) is 3.14. The van der Waals surface area contributed by atoms with Crippen molar-refractivity contribution in [2.24, 2.45) is 5.92 Å². The lowest BCUT2D eigenvalue weighted by Crippen LogP contribution is -2.42. The van der Waals surface area contributed by atoms with E-state index in [9.17, 15) is 9.59 Å². The van der Waals surface area contributed by atoms with Gasteiger partial charge in [0.25, 0.3) is 5.91 Å². The number of rotatable bonds is 4. The molecule has 0 aliphatic carbocycles. The Kier molecular flexibility index (Phi) is 5.83. The third-order valence-corrected chi connectivity index (χ3v) is 4.35. The second-order valence-corrected chi connectivity index (χ2v) is 6.05. The molecule has 0 spiro atoms. The number of ether oxygens (including phenoxy) is 2. The fourth-order valence-electron chi connectivity index (χ4n) is 2.60. The number of likely N-dealkylation sites (tertiary alicyclic amines) is 1. The van der Waals surface area contributed by atoms with Crippen LogP contribution in [-0.2, 0) is 9.53 Å². The Bertz CT molecular complexity index is 561. The van der Waals surface area contributed by atoms with Gasteiger partial charge in [-0.05, 0) is 53.9 Å². The normalized spacial score (nSPS) is 18.0. The number of esters is 1. The number of carbonyl (C=O) groups is 2. The predicted molar refractivity (Wildman–Crippen MR) is 86.0 cm³/mol. The molecule has 1 saturated heterocycles. The number of hydrogen-bond donors (Lipinski definition) is 0. The van der Waals surface area contributed by atoms with E-state index in [0.717, 1.165) is 17.3 Å². The van der Waals surface area contributed by atoms with Crippen molar-refractivity contribution < 1.29 is 19.1 Å². The highest BCUT2D eigenvalue weighted by Crippen LogP contribution is 2.27. The zero-order valence-corrected chi connectivity index (χ0v) is 14.4. The molecule has 0 aromatic heterocycles. The Morgan fingerprint density at radius 3 is 2.82 bits per heavy atom. The number of piperidine rings is 1. The van der Waals surface area contributed by atoms with E-state index >= 15 is 0 Å². The standard InChI is InChI=1S/C16H20BrNO4/c1-3-22-16(20)12-5-4-8-18(10-12)15(19)11-6-7-14(21-2)13(17)9-11/h6-7,9,12H,3-5,8,10H2,1-2H3. The van der Waals surface area contributed by atoms with Gasteiger partial charge in [0.1, 0.15) is 5.75 Å². The number of halogens is 1. The molecule has 1 heterocycles. The average Bonchev–Trinajstić information content (AvgIpc) is 2.54. The van der Waals surface area contributed by atoms with Crippen LogP contribution in [-0.4, -0.2) is 43.6 Å². The highest BCUT2D eigenvalue weighted by molar-refractivity contribution is 9.10. The number of benzene rings is 1. The van der Waals surface area contributed by atoms with Crippen LogP contribution in [0.2, 0.25) is 0 Å². The van der Waals surface area contributed by atoms with Crippen molar-refractivity contribution in [2.75, 3.05) is 26.8 Å². The molecule has 120 valence electrons. The van der Waals surface area contributed by atoms with Gasteiger partial charge in [0.2, 0.25) is 0 Å². The van der Waals surface area contributed by atoms with E-state index in [1.54, 1.807) is 37.1 Å². The van der Waals surface area contributed by atoms with Crippen LogP contribution in [0.5, 0.6) is 5.75 Å². The van der Waals surface area contributed by atoms with E-state index in [1.807, 2.05) is 0 Å². The highest BCUT2D eigenvalue weighted by Gasteiger charge is 2.29. The number of amides is 1. The lowest BCUT2D eigenvalue weighted by atomic mass is 9.97. The Morgan fingerprint density at radius 2 is 2.18 bits per heavy atom. The monoisotopic (exact) mass is 369 g/mol. The summed E-state index contributed by atoms with van der Waals surface area (Å²) in [7, 11) is 1.58. The van der Waals surface area contributed by atoms with Crippen LogP contribution >= 0.6 is 15.9 Å². The quantitative estimate of drug-likeness (QED) is 0.765. The Balaban J connectivity index is 2.08. The van der Waals surface area contributed by atoms with E-state index in [0.29, 0.717) is 31.0 Å². The lowest BCUT2D eigenvalue weighted by Gasteiger charge is -2.31. The van der Waals surface area contributed by atoms with Crippen molar-refractivity contribution in [3.05, 3.63) is 28.2 Å². The zero-order valence-electron chi connectivity index (χ0n) is 12.8. The number of nitrogens with zero attached hydrogens (tertiary/aromatic N) is 1. The van der Waals surface area contributed by atoms with Crippen LogP contribution in [0, 0.1) is 5.92 Å². The third kappa shape index (κ3) is 3.80. The molecular formula is C16H20BrNO4. The Hall–Kier alpha value is -1.56. The highest BCUT2D eigenvalue weighted by atomic mass is 79.9. The van der Waals surface area contributed by atoms with Gasteiger partial charge >= 0.3 is 5.97 Å². The average molecular weight is 370 g/mol. The van der Waals surface area contributed by atoms with Gasteiger partial charge in [-0.1, -0.05) is 0 Å². The molecule has 1 aliphatic rings. The van der Waals surface area contributed by atoms with E-state index in [-0.39, 0.29) is 17.8 Å². The predicted octanol–water partition coefficient (Wildman–Crippen LogP) is 2.87. The largest absolute Gasteiger partial charge is 0.496 e. The summed E-state index contributed by atoms with van der Waals surface area (Å²) in [5, 5.41) is 0. The van der Waals surface area contributed by atoms with Crippen molar-refractivity contribution in [2.45, 2.75) is 19.8 Å². The van der Waals surface area contributed by atoms with Crippen LogP contribution in [0.1, 0.15) is 30.1 Å². The molecule has 0 saturated carbocycles. The summed E-state index contributed by atoms with van der Waals surface area (Å²) >= 11 is 3.39. The molecule has 6 heteroatoms. The summed E-state index contributed by atoms with van der Waals surface area (Å²) in [6, 6.07) is 5.24. The van der Waals surface area contributed by atoms with Crippen molar-refractivity contribution in [1.82, 2.24) is 4.90 Å². The maximum atomic E-state index is 12.6. The molecule has 1 aliphatic heterocycles. The summed E-state index contributed by atoms with van der Waals surface area (Å²) in [5.74, 6) is 0.173. The molecule has 0 radical (unpaired) electrons. The molecule has 1 aromatic carbocycles. The van der Waals surface area contributed by atoms with Crippen LogP contribution in [0.3, 0.4) is 0 Å². The number of carbonyl (C=O) groups excluding carboxylic acids is 2. The first-order valence-electron chi connectivity index (χ1n) is 7.36. The Labute approximate surface area is 138 Å². The molecule has 5 nitrogen and oxygen atoms in total. The van der Waals surface area contributed by atoms with Gasteiger partial charge in [0.05, 0.1) is 24.1 Å². The van der Waals surface area contributed by atoms with Gasteiger partial charge in [0, 0.05) is 18.7 Å². The van der Waals surface area contributed by atoms with Crippen LogP contribution in [0.15, 0.2) is 22.7 Å². The van der Waals surface area contributed by atoms with E-state index in [2.05, 4.69) is 15.9 Å². The topological polar surface area (TPSA) is 55.8 Å². The second-order valence-electron chi connectivity index (χ2n) is 5.19. The summed E-state index contributed by atoms with van der Waals surface area (Å²) < 4.78 is 11.0. The summed E-state index contributed by atoms with van der Waals surface area (Å²) in [5.41, 5.74) is 0.581. The van der Waals surface area contributed by atoms with Gasteiger partial charge in [-0.25, -0.2) is 0 Å². The van der Waals surface area contributed by atoms with E-state index in [1.165, 1.54) is 0 Å². The molecule has 22 heavy (non-hydrogen) atoms. The van der Waals surface area contributed by atoms with Crippen LogP contribution in [0.25, 0.3) is 0 Å². The first kappa shape index (κ1) is 16.8. The van der Waals surface area contributed by atoms with Crippen LogP contribution in [0.4, 0.5) is 0 Å². The minimum Gasteiger partial charge on any atom is -0.496 e. The zero-order chi connectivity index (χ0) is 16.1. The summed E-state index contributed by atoms with van der Waals surface area (Å²) in [4.78, 5) is 26.2. The maximum Gasteiger partial charge on any atom is 0.310 e. The van der Waals surface area contributed by atoms with Gasteiger partial charge in [-0.2, -0.15) is 0 Å². The fraction of sp³-hybridized carbons (Fsp3) is 0.500. The molecule has 1 amide bonds. The molecule has 1 aromatic rings. The van der Waals surface area contributed by atoms with Gasteiger partial charge in [-0.15, -0.1) is 0 Å². The SMILES string of the molecule is CCOC(=O)C1CCCN(C(=O)c2ccc(OC)c(Br)c2)C1. The minimum atomic E-state index is -0.223. The summed E-state index contributed by atoms with van der Waals surface area (Å²) in [6.45, 7) is 3.24. The molecule has 0 bridgehead atoms. The molecule has 1 fully saturated rings. The molecule has 2 rings (SSSR count). The van der Waals surface area contributed by atoms with Gasteiger partial charge in [-0.3, -0.25) is 9.59 Å². The third-order valence-electron chi connectivity index (χ3n) is 3.73. The first-order valence-corrected chi connectivity index (χ1v) is 8.15. The van der Waals surface area contributed by atoms with Gasteiger partial charge in [0.15, 0.2) is 0 Å². The van der Waals surface area contributed by atoms with Crippen LogP contribution < -0.4 is 4.74 Å². The lowest BCUT2D eigenvalue weighted by molar-refractivity contribution is -0.149. The van der Waals surface area contributed by atoms with Crippen molar-refractivity contribution in [3.63, 3.8) is 0 Å². The Morgan fingerprint density at radius 1 is 1.41 bits per heavy atom. The molecular weight excluding hydrogens is 350 g/mol. The number of hydrogen-bond acceptors (Lipinski definition) is 4. The minimum absolute atomic E-state index is 0.0719. The van der Waals surface area contributed by atoms with Crippen molar-refractivity contribution in [1.29, 1.82) is 0 Å². The van der Waals surface area contributed by atoms with Gasteiger partial charge < -0.3 is 14.4 Å². The van der Waals surface area contributed by atoms with Crippen molar-refractivity contribution >= 4 is 27.8 Å². The van der Waals surface area contributed by atoms with E-state index < -0.39 is 0 Å². The molecule has 0 N–H and O–H groups in total. The van der Waals surface area contributed by atoms with Crippen molar-refractivity contribution in [3.8, 4) is 5.75 Å². The molecule has 1 unspecified atom stereocenters. The molecule has 1 atom stereocenters. The second kappa shape index (κ2) is 7.63. The summed E-state index contributed by atoms with van der Waals surface area (Å²) in [6.07, 6.45) is 1.58. The first-order chi connectivity index (χ1) is 10.6. The van der Waals surface area contributed by atoms with E-state index in [4.69, 9.17) is 9.47 Å². The number of methoxy groups -OCH3 is 1.